The molecule has 1 N–H and O–H groups in total. The molecule has 1 aromatic carbocycles. The molecule has 0 saturated carbocycles. The van der Waals surface area contributed by atoms with Crippen molar-refractivity contribution in [1.82, 2.24) is 4.98 Å². The average Bonchev–Trinajstić information content (AvgIpc) is 2.91. The Morgan fingerprint density at radius 1 is 1.37 bits per heavy atom. The second kappa shape index (κ2) is 4.35. The van der Waals surface area contributed by atoms with Gasteiger partial charge in [0.1, 0.15) is 0 Å². The lowest BCUT2D eigenvalue weighted by atomic mass is 9.97. The van der Waals surface area contributed by atoms with Crippen molar-refractivity contribution in [3.8, 4) is 0 Å². The minimum absolute atomic E-state index is 0.0426. The van der Waals surface area contributed by atoms with E-state index in [0.29, 0.717) is 17.0 Å². The van der Waals surface area contributed by atoms with Gasteiger partial charge in [-0.05, 0) is 24.6 Å². The molecule has 19 heavy (non-hydrogen) atoms. The van der Waals surface area contributed by atoms with Crippen LogP contribution in [0.3, 0.4) is 0 Å². The number of nitrogens with one attached hydrogen (secondary N) is 1. The number of aromatic nitrogens is 1. The van der Waals surface area contributed by atoms with Gasteiger partial charge in [-0.1, -0.05) is 11.6 Å². The van der Waals surface area contributed by atoms with Gasteiger partial charge in [0.2, 0.25) is 0 Å². The zero-order valence-electron chi connectivity index (χ0n) is 10.0. The molecule has 1 fully saturated rings. The summed E-state index contributed by atoms with van der Waals surface area (Å²) in [6.07, 6.45) is 2.04. The molecule has 1 aliphatic heterocycles. The number of hydrogen-bond acceptors (Lipinski definition) is 3. The van der Waals surface area contributed by atoms with Crippen LogP contribution in [0.25, 0.3) is 10.9 Å². The molecule has 0 bridgehead atoms. The molecular weight excluding hydrogens is 286 g/mol. The molecule has 0 amide bonds. The van der Waals surface area contributed by atoms with Crippen molar-refractivity contribution in [1.29, 1.82) is 0 Å². The van der Waals surface area contributed by atoms with Crippen molar-refractivity contribution >= 4 is 38.1 Å². The number of ketones is 1. The molecular formula is C13H12ClNO3S. The summed E-state index contributed by atoms with van der Waals surface area (Å²) in [4.78, 5) is 15.4. The molecule has 1 saturated heterocycles. The second-order valence-electron chi connectivity index (χ2n) is 4.86. The van der Waals surface area contributed by atoms with Gasteiger partial charge in [0.05, 0.1) is 11.5 Å². The van der Waals surface area contributed by atoms with Gasteiger partial charge in [0, 0.05) is 33.6 Å². The lowest BCUT2D eigenvalue weighted by Crippen LogP contribution is -2.15. The van der Waals surface area contributed by atoms with Gasteiger partial charge >= 0.3 is 0 Å². The summed E-state index contributed by atoms with van der Waals surface area (Å²) < 4.78 is 22.9. The van der Waals surface area contributed by atoms with Crippen molar-refractivity contribution in [2.45, 2.75) is 6.42 Å². The third kappa shape index (κ3) is 2.28. The fraction of sp³-hybridized carbons (Fsp3) is 0.308. The van der Waals surface area contributed by atoms with Gasteiger partial charge in [-0.15, -0.1) is 0 Å². The van der Waals surface area contributed by atoms with E-state index >= 15 is 0 Å². The fourth-order valence-corrected chi connectivity index (χ4v) is 4.43. The van der Waals surface area contributed by atoms with E-state index in [2.05, 4.69) is 4.98 Å². The number of carbonyl (C=O) groups excluding carboxylic acids is 1. The molecule has 4 nitrogen and oxygen atoms in total. The molecule has 1 unspecified atom stereocenters. The lowest BCUT2D eigenvalue weighted by Gasteiger charge is -2.05. The van der Waals surface area contributed by atoms with Crippen molar-refractivity contribution < 1.29 is 13.2 Å². The maximum atomic E-state index is 12.4. The predicted octanol–water partition coefficient (Wildman–Crippen LogP) is 2.44. The Morgan fingerprint density at radius 3 is 2.84 bits per heavy atom. The molecule has 2 heterocycles. The van der Waals surface area contributed by atoms with Crippen molar-refractivity contribution in [2.24, 2.45) is 5.92 Å². The van der Waals surface area contributed by atoms with E-state index in [4.69, 9.17) is 11.6 Å². The molecule has 1 aromatic heterocycles. The van der Waals surface area contributed by atoms with Crippen LogP contribution in [0.1, 0.15) is 16.8 Å². The van der Waals surface area contributed by atoms with Gasteiger partial charge in [0.15, 0.2) is 15.6 Å². The Hall–Kier alpha value is -1.33. The van der Waals surface area contributed by atoms with E-state index in [-0.39, 0.29) is 17.3 Å². The SMILES string of the molecule is O=C(c1c[nH]c2ccc(Cl)cc12)C1CCS(=O)(=O)C1. The van der Waals surface area contributed by atoms with Gasteiger partial charge < -0.3 is 4.98 Å². The zero-order chi connectivity index (χ0) is 13.6. The Bertz CT molecular complexity index is 763. The maximum absolute atomic E-state index is 12.4. The number of sulfone groups is 1. The molecule has 0 aliphatic carbocycles. The highest BCUT2D eigenvalue weighted by Gasteiger charge is 2.34. The summed E-state index contributed by atoms with van der Waals surface area (Å²) >= 11 is 5.94. The number of hydrogen-bond donors (Lipinski definition) is 1. The zero-order valence-corrected chi connectivity index (χ0v) is 11.6. The summed E-state index contributed by atoms with van der Waals surface area (Å²) in [7, 11) is -3.05. The highest BCUT2D eigenvalue weighted by Crippen LogP contribution is 2.28. The number of fused-ring (bicyclic) bond motifs is 1. The van der Waals surface area contributed by atoms with Crippen molar-refractivity contribution in [3.63, 3.8) is 0 Å². The first kappa shape index (κ1) is 12.7. The number of Topliss-reactive ketones (excluding diaryl/α,β-unsaturated/α-hetero) is 1. The van der Waals surface area contributed by atoms with E-state index in [0.717, 1.165) is 10.9 Å². The van der Waals surface area contributed by atoms with Crippen LogP contribution in [0, 0.1) is 5.92 Å². The topological polar surface area (TPSA) is 67.0 Å². The third-order valence-corrected chi connectivity index (χ3v) is 5.52. The van der Waals surface area contributed by atoms with Crippen LogP contribution < -0.4 is 0 Å². The van der Waals surface area contributed by atoms with Crippen LogP contribution >= 0.6 is 11.6 Å². The Morgan fingerprint density at radius 2 is 2.16 bits per heavy atom. The third-order valence-electron chi connectivity index (χ3n) is 3.51. The van der Waals surface area contributed by atoms with Crippen LogP contribution in [0.15, 0.2) is 24.4 Å². The normalized spacial score (nSPS) is 21.8. The number of aromatic amines is 1. The highest BCUT2D eigenvalue weighted by atomic mass is 35.5. The van der Waals surface area contributed by atoms with Crippen LogP contribution in [-0.2, 0) is 9.84 Å². The Labute approximate surface area is 115 Å². The van der Waals surface area contributed by atoms with E-state index in [1.165, 1.54) is 0 Å². The van der Waals surface area contributed by atoms with Crippen LogP contribution in [0.2, 0.25) is 5.02 Å². The van der Waals surface area contributed by atoms with Gasteiger partial charge in [-0.2, -0.15) is 0 Å². The number of rotatable bonds is 2. The minimum atomic E-state index is -3.05. The van der Waals surface area contributed by atoms with E-state index in [1.54, 1.807) is 24.4 Å². The lowest BCUT2D eigenvalue weighted by molar-refractivity contribution is 0.0935. The first-order chi connectivity index (χ1) is 8.96. The summed E-state index contributed by atoms with van der Waals surface area (Å²) in [6.45, 7) is 0. The number of H-pyrrole nitrogens is 1. The van der Waals surface area contributed by atoms with Crippen LogP contribution in [0.4, 0.5) is 0 Å². The molecule has 3 rings (SSSR count). The molecule has 1 aliphatic rings. The molecule has 2 aromatic rings. The summed E-state index contributed by atoms with van der Waals surface area (Å²) in [5, 5.41) is 1.31. The monoisotopic (exact) mass is 297 g/mol. The predicted molar refractivity (Wildman–Crippen MR) is 74.4 cm³/mol. The quantitative estimate of drug-likeness (QED) is 0.866. The maximum Gasteiger partial charge on any atom is 0.169 e. The van der Waals surface area contributed by atoms with Gasteiger partial charge in [0.25, 0.3) is 0 Å². The first-order valence-corrected chi connectivity index (χ1v) is 8.17. The number of carbonyl (C=O) groups is 1. The molecule has 1 atom stereocenters. The Kier molecular flexibility index (Phi) is 2.91. The van der Waals surface area contributed by atoms with Gasteiger partial charge in [-0.25, -0.2) is 8.42 Å². The average molecular weight is 298 g/mol. The highest BCUT2D eigenvalue weighted by molar-refractivity contribution is 7.91. The van der Waals surface area contributed by atoms with Crippen LogP contribution in [-0.4, -0.2) is 30.7 Å². The van der Waals surface area contributed by atoms with E-state index in [1.807, 2.05) is 0 Å². The second-order valence-corrected chi connectivity index (χ2v) is 7.52. The standard InChI is InChI=1S/C13H12ClNO3S/c14-9-1-2-12-10(5-9)11(6-15-12)13(16)8-3-4-19(17,18)7-8/h1-2,5-6,8,15H,3-4,7H2. The Balaban J connectivity index is 2.01. The van der Waals surface area contributed by atoms with E-state index < -0.39 is 15.8 Å². The number of halogens is 1. The van der Waals surface area contributed by atoms with Gasteiger partial charge in [-0.3, -0.25) is 4.79 Å². The molecule has 6 heteroatoms. The number of benzene rings is 1. The first-order valence-electron chi connectivity index (χ1n) is 5.97. The van der Waals surface area contributed by atoms with Crippen molar-refractivity contribution in [3.05, 3.63) is 35.0 Å². The fourth-order valence-electron chi connectivity index (χ4n) is 2.52. The van der Waals surface area contributed by atoms with Crippen molar-refractivity contribution in [2.75, 3.05) is 11.5 Å². The minimum Gasteiger partial charge on any atom is -0.360 e. The smallest absolute Gasteiger partial charge is 0.169 e. The molecule has 100 valence electrons. The molecule has 0 radical (unpaired) electrons. The largest absolute Gasteiger partial charge is 0.360 e. The summed E-state index contributed by atoms with van der Waals surface area (Å²) in [6, 6.07) is 5.28. The summed E-state index contributed by atoms with van der Waals surface area (Å²) in [5.74, 6) is -0.483. The van der Waals surface area contributed by atoms with Crippen LogP contribution in [0.5, 0.6) is 0 Å². The molecule has 0 spiro atoms. The van der Waals surface area contributed by atoms with E-state index in [9.17, 15) is 13.2 Å². The summed E-state index contributed by atoms with van der Waals surface area (Å²) in [5.41, 5.74) is 1.35.